The summed E-state index contributed by atoms with van der Waals surface area (Å²) in [6.07, 6.45) is 1.23. The van der Waals surface area contributed by atoms with Gasteiger partial charge < -0.3 is 10.6 Å². The normalized spacial score (nSPS) is 17.4. The minimum Gasteiger partial charge on any atom is -0.350 e. The van der Waals surface area contributed by atoms with Crippen molar-refractivity contribution in [1.82, 2.24) is 5.32 Å². The lowest BCUT2D eigenvalue weighted by Gasteiger charge is -2.35. The zero-order chi connectivity index (χ0) is 25.0. The molecule has 0 bridgehead atoms. The van der Waals surface area contributed by atoms with Crippen LogP contribution in [0.15, 0.2) is 72.8 Å². The summed E-state index contributed by atoms with van der Waals surface area (Å²) in [6.45, 7) is 1.90. The Balaban J connectivity index is 1.51. The average molecular weight is 473 g/mol. The number of rotatable bonds is 7. The van der Waals surface area contributed by atoms with Gasteiger partial charge >= 0.3 is 0 Å². The van der Waals surface area contributed by atoms with Crippen molar-refractivity contribution in [1.29, 1.82) is 0 Å². The first kappa shape index (κ1) is 23.6. The third-order valence-electron chi connectivity index (χ3n) is 6.27. The molecule has 9 heteroatoms. The van der Waals surface area contributed by atoms with Crippen LogP contribution in [0, 0.1) is 10.1 Å². The monoisotopic (exact) mass is 472 g/mol. The van der Waals surface area contributed by atoms with E-state index in [0.717, 1.165) is 5.56 Å². The maximum Gasteiger partial charge on any atom is 0.293 e. The summed E-state index contributed by atoms with van der Waals surface area (Å²) >= 11 is 0. The van der Waals surface area contributed by atoms with E-state index in [-0.39, 0.29) is 35.2 Å². The first-order chi connectivity index (χ1) is 16.8. The Morgan fingerprint density at radius 3 is 2.37 bits per heavy atom. The molecule has 0 saturated carbocycles. The standard InChI is InChI=1S/C26H24N4O5/c1-2-26(15-14-23(31)29-25(26)33)18-9-11-20(12-10-18)28-24(32)17-8-13-21(22(16-17)30(34)35)27-19-6-4-3-5-7-19/h3-13,16,27H,2,14-15H2,1H3,(H,28,32)(H,29,31,33). The molecule has 1 aliphatic heterocycles. The Kier molecular flexibility index (Phi) is 6.59. The molecule has 178 valence electrons. The molecule has 0 aromatic heterocycles. The van der Waals surface area contributed by atoms with Crippen LogP contribution in [-0.4, -0.2) is 22.6 Å². The van der Waals surface area contributed by atoms with Crippen molar-refractivity contribution in [2.75, 3.05) is 10.6 Å². The fraction of sp³-hybridized carbons (Fsp3) is 0.192. The van der Waals surface area contributed by atoms with E-state index in [1.807, 2.05) is 25.1 Å². The van der Waals surface area contributed by atoms with Gasteiger partial charge in [-0.25, -0.2) is 0 Å². The van der Waals surface area contributed by atoms with Crippen LogP contribution in [0.3, 0.4) is 0 Å². The number of carbonyl (C=O) groups excluding carboxylic acids is 3. The van der Waals surface area contributed by atoms with Crippen LogP contribution < -0.4 is 16.0 Å². The molecule has 0 spiro atoms. The van der Waals surface area contributed by atoms with Gasteiger partial charge in [-0.3, -0.25) is 29.8 Å². The van der Waals surface area contributed by atoms with Crippen LogP contribution in [0.25, 0.3) is 0 Å². The number of imide groups is 1. The fourth-order valence-corrected chi connectivity index (χ4v) is 4.25. The van der Waals surface area contributed by atoms with E-state index < -0.39 is 16.2 Å². The Morgan fingerprint density at radius 1 is 1.03 bits per heavy atom. The zero-order valence-electron chi connectivity index (χ0n) is 19.0. The fourth-order valence-electron chi connectivity index (χ4n) is 4.25. The van der Waals surface area contributed by atoms with Crippen molar-refractivity contribution < 1.29 is 19.3 Å². The number of piperidine rings is 1. The van der Waals surface area contributed by atoms with Crippen molar-refractivity contribution in [3.8, 4) is 0 Å². The zero-order valence-corrected chi connectivity index (χ0v) is 19.0. The van der Waals surface area contributed by atoms with Crippen LogP contribution in [0.4, 0.5) is 22.7 Å². The van der Waals surface area contributed by atoms with Crippen LogP contribution in [0.1, 0.15) is 42.1 Å². The van der Waals surface area contributed by atoms with Crippen molar-refractivity contribution in [3.05, 3.63) is 94.0 Å². The van der Waals surface area contributed by atoms with Gasteiger partial charge in [0.2, 0.25) is 11.8 Å². The van der Waals surface area contributed by atoms with Crippen LogP contribution in [-0.2, 0) is 15.0 Å². The maximum absolute atomic E-state index is 12.8. The smallest absolute Gasteiger partial charge is 0.293 e. The molecule has 3 amide bonds. The largest absolute Gasteiger partial charge is 0.350 e. The van der Waals surface area contributed by atoms with Crippen molar-refractivity contribution >= 4 is 40.5 Å². The minimum absolute atomic E-state index is 0.134. The van der Waals surface area contributed by atoms with E-state index in [9.17, 15) is 24.5 Å². The summed E-state index contributed by atoms with van der Waals surface area (Å²) in [4.78, 5) is 48.0. The lowest BCUT2D eigenvalue weighted by Crippen LogP contribution is -2.51. The molecule has 35 heavy (non-hydrogen) atoms. The molecule has 1 aliphatic rings. The van der Waals surface area contributed by atoms with Crippen molar-refractivity contribution in [2.45, 2.75) is 31.6 Å². The topological polar surface area (TPSA) is 130 Å². The molecule has 1 heterocycles. The number of nitro benzene ring substituents is 1. The molecule has 3 N–H and O–H groups in total. The van der Waals surface area contributed by atoms with Gasteiger partial charge in [-0.2, -0.15) is 0 Å². The predicted molar refractivity (Wildman–Crippen MR) is 132 cm³/mol. The molecule has 4 rings (SSSR count). The first-order valence-electron chi connectivity index (χ1n) is 11.2. The average Bonchev–Trinajstić information content (AvgIpc) is 2.86. The second-order valence-corrected chi connectivity index (χ2v) is 8.32. The van der Waals surface area contributed by atoms with Gasteiger partial charge in [0.1, 0.15) is 5.69 Å². The third-order valence-corrected chi connectivity index (χ3v) is 6.27. The molecular weight excluding hydrogens is 448 g/mol. The van der Waals surface area contributed by atoms with Crippen molar-refractivity contribution in [3.63, 3.8) is 0 Å². The van der Waals surface area contributed by atoms with Gasteiger partial charge in [-0.05, 0) is 54.8 Å². The molecule has 9 nitrogen and oxygen atoms in total. The quantitative estimate of drug-likeness (QED) is 0.260. The highest BCUT2D eigenvalue weighted by molar-refractivity contribution is 6.05. The van der Waals surface area contributed by atoms with E-state index in [1.165, 1.54) is 18.2 Å². The number of para-hydroxylation sites is 1. The molecular formula is C26H24N4O5. The van der Waals surface area contributed by atoms with Gasteiger partial charge in [0.05, 0.1) is 10.3 Å². The molecule has 1 fully saturated rings. The number of hydrogen-bond donors (Lipinski definition) is 3. The number of anilines is 3. The summed E-state index contributed by atoms with van der Waals surface area (Å²) in [5.74, 6) is -1.09. The van der Waals surface area contributed by atoms with Gasteiger partial charge in [-0.15, -0.1) is 0 Å². The predicted octanol–water partition coefficient (Wildman–Crippen LogP) is 4.68. The third kappa shape index (κ3) is 4.89. The summed E-state index contributed by atoms with van der Waals surface area (Å²) in [5.41, 5.74) is 1.32. The molecule has 0 aliphatic carbocycles. The second kappa shape index (κ2) is 9.76. The van der Waals surface area contributed by atoms with Gasteiger partial charge in [-0.1, -0.05) is 37.3 Å². The Hall–Kier alpha value is -4.53. The summed E-state index contributed by atoms with van der Waals surface area (Å²) < 4.78 is 0. The summed E-state index contributed by atoms with van der Waals surface area (Å²) in [7, 11) is 0. The van der Waals surface area contributed by atoms with E-state index in [0.29, 0.717) is 24.2 Å². The van der Waals surface area contributed by atoms with Gasteiger partial charge in [0.15, 0.2) is 0 Å². The van der Waals surface area contributed by atoms with E-state index in [4.69, 9.17) is 0 Å². The molecule has 1 unspecified atom stereocenters. The molecule has 1 atom stereocenters. The number of amides is 3. The SMILES string of the molecule is CCC1(c2ccc(NC(=O)c3ccc(Nc4ccccc4)c([N+](=O)[O-])c3)cc2)CCC(=O)NC1=O. The summed E-state index contributed by atoms with van der Waals surface area (Å²) in [5, 5.41) is 19.8. The molecule has 3 aromatic rings. The Labute approximate surface area is 201 Å². The van der Waals surface area contributed by atoms with Gasteiger partial charge in [0.25, 0.3) is 11.6 Å². The first-order valence-corrected chi connectivity index (χ1v) is 11.2. The number of carbonyl (C=O) groups is 3. The van der Waals surface area contributed by atoms with Crippen LogP contribution in [0.2, 0.25) is 0 Å². The molecule has 0 radical (unpaired) electrons. The second-order valence-electron chi connectivity index (χ2n) is 8.32. The number of hydrogen-bond acceptors (Lipinski definition) is 6. The highest BCUT2D eigenvalue weighted by Gasteiger charge is 2.42. The number of benzene rings is 3. The number of nitrogens with one attached hydrogen (secondary N) is 3. The number of nitrogens with zero attached hydrogens (tertiary/aromatic N) is 1. The Morgan fingerprint density at radius 2 is 1.74 bits per heavy atom. The van der Waals surface area contributed by atoms with Crippen molar-refractivity contribution in [2.24, 2.45) is 0 Å². The maximum atomic E-state index is 12.8. The van der Waals surface area contributed by atoms with Gasteiger partial charge in [0, 0.05) is 29.4 Å². The molecule has 3 aromatic carbocycles. The lowest BCUT2D eigenvalue weighted by atomic mass is 9.72. The minimum atomic E-state index is -0.793. The number of nitro groups is 1. The van der Waals surface area contributed by atoms with Crippen LogP contribution in [0.5, 0.6) is 0 Å². The van der Waals surface area contributed by atoms with E-state index in [1.54, 1.807) is 36.4 Å². The Bertz CT molecular complexity index is 1290. The molecule has 1 saturated heterocycles. The van der Waals surface area contributed by atoms with Crippen LogP contribution >= 0.6 is 0 Å². The van der Waals surface area contributed by atoms with E-state index in [2.05, 4.69) is 16.0 Å². The summed E-state index contributed by atoms with van der Waals surface area (Å²) in [6, 6.07) is 20.1. The van der Waals surface area contributed by atoms with E-state index >= 15 is 0 Å². The highest BCUT2D eigenvalue weighted by Crippen LogP contribution is 2.36. The highest BCUT2D eigenvalue weighted by atomic mass is 16.6. The lowest BCUT2D eigenvalue weighted by molar-refractivity contribution is -0.383.